The molecule has 0 aliphatic carbocycles. The highest BCUT2D eigenvalue weighted by molar-refractivity contribution is 5.80. The molecule has 120 valence electrons. The Morgan fingerprint density at radius 3 is 2.15 bits per heavy atom. The first-order valence-corrected chi connectivity index (χ1v) is 8.09. The second kappa shape index (κ2) is 11.1. The van der Waals surface area contributed by atoms with Gasteiger partial charge < -0.3 is 15.0 Å². The molecule has 0 aliphatic rings. The summed E-state index contributed by atoms with van der Waals surface area (Å²) in [5.74, 6) is -0.154. The van der Waals surface area contributed by atoms with E-state index in [1.807, 2.05) is 13.8 Å². The molecule has 4 nitrogen and oxygen atoms in total. The summed E-state index contributed by atoms with van der Waals surface area (Å²) in [6.07, 6.45) is 5.43. The van der Waals surface area contributed by atoms with Crippen LogP contribution in [-0.2, 0) is 9.53 Å². The molecule has 1 unspecified atom stereocenters. The molecule has 0 bridgehead atoms. The van der Waals surface area contributed by atoms with Gasteiger partial charge in [-0.1, -0.05) is 20.8 Å². The summed E-state index contributed by atoms with van der Waals surface area (Å²) in [6.45, 7) is 12.7. The lowest BCUT2D eigenvalue weighted by Gasteiger charge is -2.28. The van der Waals surface area contributed by atoms with Crippen LogP contribution in [-0.4, -0.2) is 49.7 Å². The largest absolute Gasteiger partial charge is 0.468 e. The zero-order valence-electron chi connectivity index (χ0n) is 14.1. The highest BCUT2D eigenvalue weighted by atomic mass is 16.5. The van der Waals surface area contributed by atoms with Crippen LogP contribution in [0.5, 0.6) is 0 Å². The number of carbonyl (C=O) groups is 1. The van der Waals surface area contributed by atoms with Crippen LogP contribution in [0.1, 0.15) is 59.8 Å². The maximum atomic E-state index is 11.9. The van der Waals surface area contributed by atoms with E-state index < -0.39 is 5.54 Å². The molecule has 0 radical (unpaired) electrons. The van der Waals surface area contributed by atoms with Crippen molar-refractivity contribution in [2.24, 2.45) is 0 Å². The van der Waals surface area contributed by atoms with E-state index in [0.29, 0.717) is 0 Å². The van der Waals surface area contributed by atoms with Gasteiger partial charge in [-0.3, -0.25) is 4.79 Å². The lowest BCUT2D eigenvalue weighted by atomic mass is 9.94. The number of likely N-dealkylation sites (N-methyl/N-ethyl adjacent to an activating group) is 1. The minimum Gasteiger partial charge on any atom is -0.468 e. The number of hydrogen-bond acceptors (Lipinski definition) is 4. The van der Waals surface area contributed by atoms with Gasteiger partial charge in [-0.15, -0.1) is 0 Å². The number of nitrogens with one attached hydrogen (secondary N) is 1. The molecular weight excluding hydrogens is 252 g/mol. The monoisotopic (exact) mass is 286 g/mol. The first-order valence-electron chi connectivity index (χ1n) is 8.09. The fourth-order valence-electron chi connectivity index (χ4n) is 2.66. The molecule has 0 aliphatic heterocycles. The third-order valence-corrected chi connectivity index (χ3v) is 3.68. The van der Waals surface area contributed by atoms with E-state index in [9.17, 15) is 4.79 Å². The predicted octanol–water partition coefficient (Wildman–Crippen LogP) is 2.82. The summed E-state index contributed by atoms with van der Waals surface area (Å²) in [7, 11) is 1.46. The zero-order valence-corrected chi connectivity index (χ0v) is 14.1. The topological polar surface area (TPSA) is 41.6 Å². The molecule has 0 amide bonds. The summed E-state index contributed by atoms with van der Waals surface area (Å²) < 4.78 is 4.91. The van der Waals surface area contributed by atoms with Gasteiger partial charge in [0.25, 0.3) is 0 Å². The van der Waals surface area contributed by atoms with Crippen LogP contribution in [0.25, 0.3) is 0 Å². The highest BCUT2D eigenvalue weighted by Crippen LogP contribution is 2.16. The Balaban J connectivity index is 4.13. The van der Waals surface area contributed by atoms with E-state index in [1.165, 1.54) is 33.0 Å². The molecule has 0 aromatic heterocycles. The summed E-state index contributed by atoms with van der Waals surface area (Å²) >= 11 is 0. The Hall–Kier alpha value is -0.610. The zero-order chi connectivity index (χ0) is 15.4. The quantitative estimate of drug-likeness (QED) is 0.442. The average Bonchev–Trinajstić information content (AvgIpc) is 2.43. The van der Waals surface area contributed by atoms with Crippen LogP contribution in [0.4, 0.5) is 0 Å². The molecule has 0 saturated heterocycles. The molecule has 0 heterocycles. The van der Waals surface area contributed by atoms with Gasteiger partial charge in [0.05, 0.1) is 7.11 Å². The summed E-state index contributed by atoms with van der Waals surface area (Å²) in [5, 5.41) is 3.26. The van der Waals surface area contributed by atoms with Gasteiger partial charge in [-0.2, -0.15) is 0 Å². The fraction of sp³-hybridized carbons (Fsp3) is 0.938. The van der Waals surface area contributed by atoms with Gasteiger partial charge in [0, 0.05) is 0 Å². The Labute approximate surface area is 125 Å². The fourth-order valence-corrected chi connectivity index (χ4v) is 2.66. The van der Waals surface area contributed by atoms with Crippen molar-refractivity contribution in [1.82, 2.24) is 10.2 Å². The molecular formula is C16H34N2O2. The highest BCUT2D eigenvalue weighted by Gasteiger charge is 2.32. The van der Waals surface area contributed by atoms with Crippen LogP contribution in [0.15, 0.2) is 0 Å². The van der Waals surface area contributed by atoms with Crippen molar-refractivity contribution in [3.63, 3.8) is 0 Å². The number of unbranched alkanes of at least 4 members (excludes halogenated alkanes) is 1. The van der Waals surface area contributed by atoms with Gasteiger partial charge >= 0.3 is 5.97 Å². The molecule has 0 aromatic rings. The molecule has 20 heavy (non-hydrogen) atoms. The number of carbonyl (C=O) groups excluding carboxylic acids is 1. The molecule has 0 rings (SSSR count). The van der Waals surface area contributed by atoms with E-state index in [1.54, 1.807) is 0 Å². The molecule has 4 heteroatoms. The maximum Gasteiger partial charge on any atom is 0.325 e. The van der Waals surface area contributed by atoms with Gasteiger partial charge in [-0.25, -0.2) is 0 Å². The van der Waals surface area contributed by atoms with Crippen molar-refractivity contribution < 1.29 is 9.53 Å². The lowest BCUT2D eigenvalue weighted by Crippen LogP contribution is -2.50. The summed E-state index contributed by atoms with van der Waals surface area (Å²) in [6, 6.07) is 0. The standard InChI is InChI=1S/C16H34N2O2/c1-6-12-18(13-7-2)14-10-9-11-16(4,17-8-3)15(19)20-5/h17H,6-14H2,1-5H3. The SMILES string of the molecule is CCCN(CCC)CCCCC(C)(NCC)C(=O)OC. The van der Waals surface area contributed by atoms with Crippen LogP contribution in [0.2, 0.25) is 0 Å². The second-order valence-corrected chi connectivity index (χ2v) is 5.65. The van der Waals surface area contributed by atoms with E-state index >= 15 is 0 Å². The van der Waals surface area contributed by atoms with Crippen molar-refractivity contribution >= 4 is 5.97 Å². The number of rotatable bonds is 12. The van der Waals surface area contributed by atoms with Gasteiger partial charge in [0.1, 0.15) is 5.54 Å². The van der Waals surface area contributed by atoms with Crippen molar-refractivity contribution in [3.05, 3.63) is 0 Å². The van der Waals surface area contributed by atoms with Crippen LogP contribution in [0, 0.1) is 0 Å². The first kappa shape index (κ1) is 19.4. The Morgan fingerprint density at radius 2 is 1.70 bits per heavy atom. The van der Waals surface area contributed by atoms with E-state index in [0.717, 1.165) is 32.4 Å². The Morgan fingerprint density at radius 1 is 1.10 bits per heavy atom. The minimum absolute atomic E-state index is 0.154. The van der Waals surface area contributed by atoms with Crippen LogP contribution < -0.4 is 5.32 Å². The van der Waals surface area contributed by atoms with Crippen LogP contribution in [0.3, 0.4) is 0 Å². The minimum atomic E-state index is -0.538. The first-order chi connectivity index (χ1) is 9.53. The van der Waals surface area contributed by atoms with Crippen molar-refractivity contribution in [1.29, 1.82) is 0 Å². The Kier molecular flexibility index (Phi) is 10.8. The number of hydrogen-bond donors (Lipinski definition) is 1. The van der Waals surface area contributed by atoms with Gasteiger partial charge in [0.15, 0.2) is 0 Å². The smallest absolute Gasteiger partial charge is 0.325 e. The van der Waals surface area contributed by atoms with Gasteiger partial charge in [0.2, 0.25) is 0 Å². The summed E-state index contributed by atoms with van der Waals surface area (Å²) in [5.41, 5.74) is -0.538. The average molecular weight is 286 g/mol. The predicted molar refractivity (Wildman–Crippen MR) is 85.0 cm³/mol. The molecule has 1 atom stereocenters. The number of nitrogens with zero attached hydrogens (tertiary/aromatic N) is 1. The molecule has 0 spiro atoms. The molecule has 0 fully saturated rings. The normalized spacial score (nSPS) is 14.3. The second-order valence-electron chi connectivity index (χ2n) is 5.65. The molecule has 0 saturated carbocycles. The van der Waals surface area contributed by atoms with Crippen LogP contribution >= 0.6 is 0 Å². The number of ether oxygens (including phenoxy) is 1. The van der Waals surface area contributed by atoms with Crippen molar-refractivity contribution in [2.75, 3.05) is 33.3 Å². The maximum absolute atomic E-state index is 11.9. The third kappa shape index (κ3) is 7.25. The summed E-state index contributed by atoms with van der Waals surface area (Å²) in [4.78, 5) is 14.4. The van der Waals surface area contributed by atoms with E-state index in [-0.39, 0.29) is 5.97 Å². The number of esters is 1. The number of methoxy groups -OCH3 is 1. The van der Waals surface area contributed by atoms with E-state index in [2.05, 4.69) is 24.1 Å². The molecule has 1 N–H and O–H groups in total. The van der Waals surface area contributed by atoms with Crippen molar-refractivity contribution in [3.8, 4) is 0 Å². The third-order valence-electron chi connectivity index (χ3n) is 3.68. The van der Waals surface area contributed by atoms with Gasteiger partial charge in [-0.05, 0) is 65.2 Å². The lowest BCUT2D eigenvalue weighted by molar-refractivity contribution is -0.148. The Bertz CT molecular complexity index is 253. The molecule has 0 aromatic carbocycles. The van der Waals surface area contributed by atoms with E-state index in [4.69, 9.17) is 4.74 Å². The van der Waals surface area contributed by atoms with Crippen molar-refractivity contribution in [2.45, 2.75) is 65.3 Å².